The van der Waals surface area contributed by atoms with E-state index in [2.05, 4.69) is 40.3 Å². The first-order valence-electron chi connectivity index (χ1n) is 6.68. The number of amides is 1. The standard InChI is InChI=1S/C15H22BrNO2/c1-4-12-5-7-13(8-6-12)19-10-9-17-15(18)14(16)11(2)3/h5-8,11,14H,4,9-10H2,1-3H3,(H,17,18). The molecule has 4 heteroatoms. The number of aryl methyl sites for hydroxylation is 1. The zero-order valence-corrected chi connectivity index (χ0v) is 13.4. The van der Waals surface area contributed by atoms with Gasteiger partial charge < -0.3 is 10.1 Å². The summed E-state index contributed by atoms with van der Waals surface area (Å²) < 4.78 is 5.57. The monoisotopic (exact) mass is 327 g/mol. The Morgan fingerprint density at radius 1 is 1.32 bits per heavy atom. The molecule has 3 nitrogen and oxygen atoms in total. The Morgan fingerprint density at radius 2 is 1.95 bits per heavy atom. The van der Waals surface area contributed by atoms with E-state index in [1.54, 1.807) is 0 Å². The van der Waals surface area contributed by atoms with Crippen LogP contribution in [0.1, 0.15) is 26.3 Å². The third-order valence-electron chi connectivity index (χ3n) is 2.84. The van der Waals surface area contributed by atoms with Gasteiger partial charge in [0.2, 0.25) is 5.91 Å². The Labute approximate surface area is 123 Å². The minimum Gasteiger partial charge on any atom is -0.492 e. The molecule has 0 saturated heterocycles. The van der Waals surface area contributed by atoms with Crippen molar-refractivity contribution < 1.29 is 9.53 Å². The normalized spacial score (nSPS) is 12.3. The number of halogens is 1. The van der Waals surface area contributed by atoms with Gasteiger partial charge in [0.05, 0.1) is 11.4 Å². The van der Waals surface area contributed by atoms with E-state index < -0.39 is 0 Å². The van der Waals surface area contributed by atoms with E-state index in [1.165, 1.54) is 5.56 Å². The molecule has 0 aliphatic rings. The van der Waals surface area contributed by atoms with Crippen molar-refractivity contribution in [2.75, 3.05) is 13.2 Å². The molecule has 1 unspecified atom stereocenters. The molecule has 0 spiro atoms. The fraction of sp³-hybridized carbons (Fsp3) is 0.533. The van der Waals surface area contributed by atoms with Crippen LogP contribution in [0.5, 0.6) is 5.75 Å². The van der Waals surface area contributed by atoms with Crippen molar-refractivity contribution >= 4 is 21.8 Å². The number of alkyl halides is 1. The summed E-state index contributed by atoms with van der Waals surface area (Å²) in [7, 11) is 0. The van der Waals surface area contributed by atoms with Gasteiger partial charge in [-0.05, 0) is 30.0 Å². The Kier molecular flexibility index (Phi) is 6.92. The minimum absolute atomic E-state index is 0.0138. The Hall–Kier alpha value is -1.03. The van der Waals surface area contributed by atoms with Crippen molar-refractivity contribution in [3.63, 3.8) is 0 Å². The van der Waals surface area contributed by atoms with Crippen LogP contribution in [0.15, 0.2) is 24.3 Å². The summed E-state index contributed by atoms with van der Waals surface area (Å²) in [6.45, 7) is 7.13. The average Bonchev–Trinajstić information content (AvgIpc) is 2.43. The molecule has 106 valence electrons. The second-order valence-electron chi connectivity index (χ2n) is 4.78. The molecule has 19 heavy (non-hydrogen) atoms. The van der Waals surface area contributed by atoms with Crippen LogP contribution in [0.2, 0.25) is 0 Å². The van der Waals surface area contributed by atoms with Crippen LogP contribution in [0, 0.1) is 5.92 Å². The molecule has 0 saturated carbocycles. The molecular formula is C15H22BrNO2. The van der Waals surface area contributed by atoms with Crippen LogP contribution in [0.3, 0.4) is 0 Å². The molecule has 0 aromatic heterocycles. The van der Waals surface area contributed by atoms with E-state index in [0.29, 0.717) is 13.2 Å². The molecule has 1 amide bonds. The Bertz CT molecular complexity index is 390. The topological polar surface area (TPSA) is 38.3 Å². The third-order valence-corrected chi connectivity index (χ3v) is 4.31. The number of benzene rings is 1. The molecule has 1 aromatic carbocycles. The van der Waals surface area contributed by atoms with Crippen molar-refractivity contribution in [3.05, 3.63) is 29.8 Å². The van der Waals surface area contributed by atoms with E-state index in [-0.39, 0.29) is 16.7 Å². The number of rotatable bonds is 7. The highest BCUT2D eigenvalue weighted by Gasteiger charge is 2.17. The molecule has 0 aliphatic heterocycles. The van der Waals surface area contributed by atoms with Gasteiger partial charge in [0.1, 0.15) is 12.4 Å². The second-order valence-corrected chi connectivity index (χ2v) is 5.77. The molecule has 0 fully saturated rings. The van der Waals surface area contributed by atoms with Gasteiger partial charge in [0.15, 0.2) is 0 Å². The summed E-state index contributed by atoms with van der Waals surface area (Å²) in [4.78, 5) is 11.5. The van der Waals surface area contributed by atoms with Crippen molar-refractivity contribution in [3.8, 4) is 5.75 Å². The van der Waals surface area contributed by atoms with Gasteiger partial charge in [0.25, 0.3) is 0 Å². The molecule has 0 aliphatic carbocycles. The lowest BCUT2D eigenvalue weighted by Gasteiger charge is -2.14. The predicted molar refractivity (Wildman–Crippen MR) is 81.9 cm³/mol. The van der Waals surface area contributed by atoms with Crippen LogP contribution in [0.25, 0.3) is 0 Å². The van der Waals surface area contributed by atoms with E-state index >= 15 is 0 Å². The van der Waals surface area contributed by atoms with E-state index in [9.17, 15) is 4.79 Å². The summed E-state index contributed by atoms with van der Waals surface area (Å²) in [6, 6.07) is 8.03. The zero-order valence-electron chi connectivity index (χ0n) is 11.8. The smallest absolute Gasteiger partial charge is 0.234 e. The van der Waals surface area contributed by atoms with Crippen LogP contribution >= 0.6 is 15.9 Å². The van der Waals surface area contributed by atoms with Gasteiger partial charge in [0, 0.05) is 0 Å². The largest absolute Gasteiger partial charge is 0.492 e. The first kappa shape index (κ1) is 16.0. The summed E-state index contributed by atoms with van der Waals surface area (Å²) in [5.41, 5.74) is 1.29. The maximum Gasteiger partial charge on any atom is 0.234 e. The summed E-state index contributed by atoms with van der Waals surface area (Å²) in [6.07, 6.45) is 1.03. The maximum atomic E-state index is 11.7. The lowest BCUT2D eigenvalue weighted by Crippen LogP contribution is -2.36. The number of carbonyl (C=O) groups excluding carboxylic acids is 1. The fourth-order valence-electron chi connectivity index (χ4n) is 1.56. The first-order chi connectivity index (χ1) is 9.04. The highest BCUT2D eigenvalue weighted by molar-refractivity contribution is 9.10. The lowest BCUT2D eigenvalue weighted by atomic mass is 10.1. The van der Waals surface area contributed by atoms with Crippen LogP contribution < -0.4 is 10.1 Å². The number of nitrogens with one attached hydrogen (secondary N) is 1. The molecule has 1 N–H and O–H groups in total. The number of hydrogen-bond donors (Lipinski definition) is 1. The van der Waals surface area contributed by atoms with Gasteiger partial charge in [-0.15, -0.1) is 0 Å². The van der Waals surface area contributed by atoms with E-state index in [4.69, 9.17) is 4.74 Å². The van der Waals surface area contributed by atoms with Crippen LogP contribution in [0.4, 0.5) is 0 Å². The van der Waals surface area contributed by atoms with Crippen molar-refractivity contribution in [2.24, 2.45) is 5.92 Å². The van der Waals surface area contributed by atoms with Gasteiger partial charge in [-0.3, -0.25) is 4.79 Å². The number of hydrogen-bond acceptors (Lipinski definition) is 2. The molecule has 0 heterocycles. The molecule has 1 atom stereocenters. The van der Waals surface area contributed by atoms with Gasteiger partial charge >= 0.3 is 0 Å². The van der Waals surface area contributed by atoms with E-state index in [1.807, 2.05) is 26.0 Å². The maximum absolute atomic E-state index is 11.7. The SMILES string of the molecule is CCc1ccc(OCCNC(=O)C(Br)C(C)C)cc1. The highest BCUT2D eigenvalue weighted by Crippen LogP contribution is 2.13. The van der Waals surface area contributed by atoms with Crippen LogP contribution in [-0.2, 0) is 11.2 Å². The highest BCUT2D eigenvalue weighted by atomic mass is 79.9. The van der Waals surface area contributed by atoms with Crippen LogP contribution in [-0.4, -0.2) is 23.9 Å². The number of ether oxygens (including phenoxy) is 1. The average molecular weight is 328 g/mol. The quantitative estimate of drug-likeness (QED) is 0.617. The van der Waals surface area contributed by atoms with Gasteiger partial charge in [-0.25, -0.2) is 0 Å². The fourth-order valence-corrected chi connectivity index (χ4v) is 1.73. The van der Waals surface area contributed by atoms with Crippen molar-refractivity contribution in [2.45, 2.75) is 32.0 Å². The minimum atomic E-state index is -0.142. The first-order valence-corrected chi connectivity index (χ1v) is 7.59. The summed E-state index contributed by atoms with van der Waals surface area (Å²) in [5.74, 6) is 1.13. The number of carbonyl (C=O) groups is 1. The van der Waals surface area contributed by atoms with Crippen molar-refractivity contribution in [1.29, 1.82) is 0 Å². The summed E-state index contributed by atoms with van der Waals surface area (Å²) >= 11 is 3.37. The van der Waals surface area contributed by atoms with Gasteiger partial charge in [-0.1, -0.05) is 48.8 Å². The molecule has 1 aromatic rings. The predicted octanol–water partition coefficient (Wildman–Crippen LogP) is 3.16. The molecule has 0 radical (unpaired) electrons. The summed E-state index contributed by atoms with van der Waals surface area (Å²) in [5, 5.41) is 2.85. The zero-order chi connectivity index (χ0) is 14.3. The Morgan fingerprint density at radius 3 is 2.47 bits per heavy atom. The van der Waals surface area contributed by atoms with Crippen molar-refractivity contribution in [1.82, 2.24) is 5.32 Å². The van der Waals surface area contributed by atoms with E-state index in [0.717, 1.165) is 12.2 Å². The molecular weight excluding hydrogens is 306 g/mol. The molecule has 0 bridgehead atoms. The molecule has 1 rings (SSSR count). The Balaban J connectivity index is 2.25. The second kappa shape index (κ2) is 8.20. The lowest BCUT2D eigenvalue weighted by molar-refractivity contribution is -0.121. The van der Waals surface area contributed by atoms with Gasteiger partial charge in [-0.2, -0.15) is 0 Å². The third kappa shape index (κ3) is 5.64.